The summed E-state index contributed by atoms with van der Waals surface area (Å²) in [6, 6.07) is 0. The molecule has 0 aromatic heterocycles. The number of nitrogens with one attached hydrogen (secondary N) is 1. The number of allylic oxidation sites excluding steroid dienone is 4. The lowest BCUT2D eigenvalue weighted by atomic mass is 9.98. The topological polar surface area (TPSA) is 111 Å². The fourth-order valence-corrected chi connectivity index (χ4v) is 5.00. The molecule has 1 atom stereocenters. The Labute approximate surface area is 178 Å². The highest BCUT2D eigenvalue weighted by Gasteiger charge is 2.52. The largest absolute Gasteiger partial charge is 0.492 e. The normalized spacial score (nSPS) is 18.6. The van der Waals surface area contributed by atoms with Crippen molar-refractivity contribution in [2.75, 3.05) is 26.4 Å². The van der Waals surface area contributed by atoms with Crippen LogP contribution in [0.2, 0.25) is 0 Å². The van der Waals surface area contributed by atoms with Crippen molar-refractivity contribution in [3.63, 3.8) is 0 Å². The van der Waals surface area contributed by atoms with Crippen molar-refractivity contribution in [2.24, 2.45) is 0 Å². The van der Waals surface area contributed by atoms with Crippen molar-refractivity contribution in [3.05, 3.63) is 60.3 Å². The summed E-state index contributed by atoms with van der Waals surface area (Å²) in [6.45, 7) is 11.5. The van der Waals surface area contributed by atoms with Crippen LogP contribution < -0.4 is 5.48 Å². The molecule has 2 N–H and O–H groups in total. The number of carbonyl (C=O) groups is 1. The summed E-state index contributed by atoms with van der Waals surface area (Å²) in [5.41, 5.74) is 1.50. The maximum absolute atomic E-state index is 13.3. The molecular weight excluding hydrogens is 410 g/mol. The minimum atomic E-state index is -4.11. The van der Waals surface area contributed by atoms with Gasteiger partial charge in [-0.1, -0.05) is 24.8 Å². The van der Waals surface area contributed by atoms with Gasteiger partial charge >= 0.3 is 0 Å². The van der Waals surface area contributed by atoms with E-state index in [2.05, 4.69) is 13.2 Å². The Morgan fingerprint density at radius 1 is 1.23 bits per heavy atom. The van der Waals surface area contributed by atoms with Crippen LogP contribution in [0.25, 0.3) is 0 Å². The van der Waals surface area contributed by atoms with Crippen molar-refractivity contribution >= 4 is 15.7 Å². The summed E-state index contributed by atoms with van der Waals surface area (Å²) < 4.78 is 41.1. The molecule has 0 aromatic carbocycles. The molecule has 0 aromatic rings. The van der Waals surface area contributed by atoms with E-state index >= 15 is 0 Å². The standard InChI is InChI=1S/C21H31NO7S/c1-5-17(6-2)28-15-16-29-18(7-3)9-10-19(8-4)30(25,26)21(20(23)22-24)11-13-27-14-12-21/h5-10,18,24H,1,3,11-16H2,2,4H3,(H,22,23)/b10-9-,17-6+,19-8+. The molecule has 9 heteroatoms. The van der Waals surface area contributed by atoms with Crippen LogP contribution >= 0.6 is 0 Å². The van der Waals surface area contributed by atoms with E-state index in [1.807, 2.05) is 6.92 Å². The van der Waals surface area contributed by atoms with E-state index in [9.17, 15) is 13.2 Å². The molecule has 1 aliphatic rings. The molecule has 8 nitrogen and oxygen atoms in total. The number of ether oxygens (including phenoxy) is 3. The zero-order chi connectivity index (χ0) is 22.6. The first-order valence-corrected chi connectivity index (χ1v) is 11.1. The Morgan fingerprint density at radius 2 is 1.90 bits per heavy atom. The van der Waals surface area contributed by atoms with Crippen molar-refractivity contribution in [1.29, 1.82) is 0 Å². The van der Waals surface area contributed by atoms with Gasteiger partial charge in [0.1, 0.15) is 12.4 Å². The van der Waals surface area contributed by atoms with Gasteiger partial charge < -0.3 is 14.2 Å². The number of sulfone groups is 1. The fourth-order valence-electron chi connectivity index (χ4n) is 2.98. The average molecular weight is 442 g/mol. The molecule has 1 amide bonds. The summed E-state index contributed by atoms with van der Waals surface area (Å²) in [5, 5.41) is 9.12. The number of rotatable bonds is 12. The van der Waals surface area contributed by atoms with Crippen molar-refractivity contribution < 1.29 is 32.6 Å². The number of amides is 1. The molecule has 0 aliphatic carbocycles. The minimum absolute atomic E-state index is 0.0532. The molecule has 0 spiro atoms. The Bertz CT molecular complexity index is 790. The molecule has 1 unspecified atom stereocenters. The maximum Gasteiger partial charge on any atom is 0.265 e. The molecular formula is C21H31NO7S. The van der Waals surface area contributed by atoms with Gasteiger partial charge in [-0.15, -0.1) is 6.58 Å². The lowest BCUT2D eigenvalue weighted by Crippen LogP contribution is -2.55. The number of carbonyl (C=O) groups excluding carboxylic acids is 1. The van der Waals surface area contributed by atoms with Crippen LogP contribution in [0.5, 0.6) is 0 Å². The van der Waals surface area contributed by atoms with Crippen LogP contribution in [-0.2, 0) is 28.8 Å². The van der Waals surface area contributed by atoms with E-state index in [-0.39, 0.29) is 37.6 Å². The van der Waals surface area contributed by atoms with Gasteiger partial charge in [-0.2, -0.15) is 0 Å². The van der Waals surface area contributed by atoms with Gasteiger partial charge in [-0.25, -0.2) is 13.9 Å². The highest BCUT2D eigenvalue weighted by atomic mass is 32.2. The van der Waals surface area contributed by atoms with Crippen molar-refractivity contribution in [3.8, 4) is 0 Å². The lowest BCUT2D eigenvalue weighted by molar-refractivity contribution is -0.134. The molecule has 1 rings (SSSR count). The quantitative estimate of drug-likeness (QED) is 0.120. The summed E-state index contributed by atoms with van der Waals surface area (Å²) >= 11 is 0. The molecule has 0 radical (unpaired) electrons. The average Bonchev–Trinajstić information content (AvgIpc) is 2.77. The molecule has 1 fully saturated rings. The minimum Gasteiger partial charge on any atom is -0.492 e. The summed E-state index contributed by atoms with van der Waals surface area (Å²) in [5.74, 6) is -0.329. The van der Waals surface area contributed by atoms with Gasteiger partial charge in [0.05, 0.1) is 17.6 Å². The predicted molar refractivity (Wildman–Crippen MR) is 114 cm³/mol. The summed E-state index contributed by atoms with van der Waals surface area (Å²) in [4.78, 5) is 12.3. The Kier molecular flexibility index (Phi) is 10.8. The van der Waals surface area contributed by atoms with Crippen LogP contribution in [0, 0.1) is 0 Å². The molecule has 0 bridgehead atoms. The number of hydroxylamine groups is 1. The molecule has 30 heavy (non-hydrogen) atoms. The van der Waals surface area contributed by atoms with Crippen molar-refractivity contribution in [2.45, 2.75) is 37.5 Å². The van der Waals surface area contributed by atoms with Gasteiger partial charge in [0.15, 0.2) is 14.6 Å². The summed E-state index contributed by atoms with van der Waals surface area (Å²) in [7, 11) is -4.11. The van der Waals surface area contributed by atoms with E-state index in [1.165, 1.54) is 29.8 Å². The third-order valence-corrected chi connectivity index (χ3v) is 7.37. The van der Waals surface area contributed by atoms with E-state index in [1.54, 1.807) is 19.1 Å². The second-order valence-corrected chi connectivity index (χ2v) is 8.68. The molecule has 1 saturated heterocycles. The Balaban J connectivity index is 2.93. The van der Waals surface area contributed by atoms with Crippen LogP contribution in [0.15, 0.2) is 60.3 Å². The second kappa shape index (κ2) is 12.5. The number of hydrogen-bond donors (Lipinski definition) is 2. The Morgan fingerprint density at radius 3 is 2.40 bits per heavy atom. The van der Waals surface area contributed by atoms with Crippen LogP contribution in [0.3, 0.4) is 0 Å². The Hall–Kier alpha value is -2.20. The molecule has 1 heterocycles. The van der Waals surface area contributed by atoms with E-state index in [0.29, 0.717) is 12.4 Å². The third kappa shape index (κ3) is 6.15. The van der Waals surface area contributed by atoms with Crippen LogP contribution in [-0.4, -0.2) is 56.8 Å². The zero-order valence-corrected chi connectivity index (χ0v) is 18.3. The van der Waals surface area contributed by atoms with Gasteiger partial charge in [0.2, 0.25) is 0 Å². The first-order chi connectivity index (χ1) is 14.3. The zero-order valence-electron chi connectivity index (χ0n) is 17.5. The molecule has 1 aliphatic heterocycles. The summed E-state index contributed by atoms with van der Waals surface area (Å²) in [6.07, 6.45) is 8.53. The monoisotopic (exact) mass is 441 g/mol. The SMILES string of the molecule is C=C/C(=C\C)OCCOC(C=C)/C=C\C(=C/C)S(=O)(=O)C1(C(=O)NO)CCOCC1. The van der Waals surface area contributed by atoms with E-state index < -0.39 is 26.6 Å². The van der Waals surface area contributed by atoms with Gasteiger partial charge in [0, 0.05) is 13.2 Å². The van der Waals surface area contributed by atoms with E-state index in [4.69, 9.17) is 19.4 Å². The predicted octanol–water partition coefficient (Wildman–Crippen LogP) is 2.59. The third-order valence-electron chi connectivity index (χ3n) is 4.76. The maximum atomic E-state index is 13.3. The smallest absolute Gasteiger partial charge is 0.265 e. The highest BCUT2D eigenvalue weighted by Crippen LogP contribution is 2.35. The number of hydrogen-bond acceptors (Lipinski definition) is 7. The van der Waals surface area contributed by atoms with Gasteiger partial charge in [-0.05, 0) is 44.9 Å². The van der Waals surface area contributed by atoms with Gasteiger partial charge in [0.25, 0.3) is 5.91 Å². The molecule has 0 saturated carbocycles. The van der Waals surface area contributed by atoms with Crippen LogP contribution in [0.1, 0.15) is 26.7 Å². The first-order valence-electron chi connectivity index (χ1n) is 9.60. The van der Waals surface area contributed by atoms with Crippen LogP contribution in [0.4, 0.5) is 0 Å². The lowest BCUT2D eigenvalue weighted by Gasteiger charge is -2.34. The highest BCUT2D eigenvalue weighted by molar-refractivity contribution is 7.97. The van der Waals surface area contributed by atoms with E-state index in [0.717, 1.165) is 0 Å². The fraction of sp³-hybridized carbons (Fsp3) is 0.476. The van der Waals surface area contributed by atoms with Gasteiger partial charge in [-0.3, -0.25) is 10.0 Å². The molecule has 168 valence electrons. The first kappa shape index (κ1) is 25.8. The second-order valence-electron chi connectivity index (χ2n) is 6.42. The van der Waals surface area contributed by atoms with Crippen molar-refractivity contribution in [1.82, 2.24) is 5.48 Å².